The van der Waals surface area contributed by atoms with Gasteiger partial charge in [0.05, 0.1) is 23.6 Å². The lowest BCUT2D eigenvalue weighted by Crippen LogP contribution is -2.26. The second-order valence-electron chi connectivity index (χ2n) is 4.58. The van der Waals surface area contributed by atoms with Crippen molar-refractivity contribution >= 4 is 22.5 Å². The van der Waals surface area contributed by atoms with Crippen LogP contribution in [0.4, 0.5) is 11.4 Å². The van der Waals surface area contributed by atoms with Gasteiger partial charge in [-0.25, -0.2) is 4.99 Å². The lowest BCUT2D eigenvalue weighted by Gasteiger charge is -2.03. The smallest absolute Gasteiger partial charge is 0.311 e. The molecule has 0 aliphatic rings. The fraction of sp³-hybridized carbons (Fsp3) is 0.0667. The van der Waals surface area contributed by atoms with Crippen LogP contribution in [-0.4, -0.2) is 17.0 Å². The number of non-ortho nitro benzene ring substituents is 1. The maximum atomic E-state index is 12.0. The summed E-state index contributed by atoms with van der Waals surface area (Å²) in [6.45, 7) is 0. The van der Waals surface area contributed by atoms with Gasteiger partial charge < -0.3 is 14.1 Å². The second kappa shape index (κ2) is 5.76. The van der Waals surface area contributed by atoms with Crippen LogP contribution in [0.15, 0.2) is 56.7 Å². The van der Waals surface area contributed by atoms with E-state index in [9.17, 15) is 14.9 Å². The summed E-state index contributed by atoms with van der Waals surface area (Å²) in [7, 11) is 1.36. The molecule has 0 aliphatic carbocycles. The first-order valence-corrected chi connectivity index (χ1v) is 6.58. The number of fused-ring (bicyclic) bond motifs is 1. The standard InChI is InChI=1S/C15H11N3O5/c1-22-13-8-9(18(20)21)6-7-11(13)17-15-14(19)16-10-4-2-3-5-12(10)23-15/h2-8H,1H3,(H,16,19). The van der Waals surface area contributed by atoms with Gasteiger partial charge in [-0.3, -0.25) is 14.9 Å². The molecular weight excluding hydrogens is 302 g/mol. The summed E-state index contributed by atoms with van der Waals surface area (Å²) in [6.07, 6.45) is 0. The van der Waals surface area contributed by atoms with Gasteiger partial charge in [0.15, 0.2) is 11.3 Å². The number of para-hydroxylation sites is 2. The highest BCUT2D eigenvalue weighted by molar-refractivity contribution is 5.70. The van der Waals surface area contributed by atoms with E-state index in [0.29, 0.717) is 11.1 Å². The number of hydrogen-bond acceptors (Lipinski definition) is 6. The number of H-pyrrole nitrogens is 1. The third-order valence-electron chi connectivity index (χ3n) is 3.13. The van der Waals surface area contributed by atoms with Crippen molar-refractivity contribution in [3.05, 3.63) is 68.5 Å². The molecule has 8 heteroatoms. The Balaban J connectivity index is 2.20. The van der Waals surface area contributed by atoms with E-state index >= 15 is 0 Å². The molecule has 3 rings (SSSR count). The van der Waals surface area contributed by atoms with Crippen LogP contribution in [0.25, 0.3) is 11.1 Å². The zero-order valence-electron chi connectivity index (χ0n) is 12.0. The first kappa shape index (κ1) is 14.5. The van der Waals surface area contributed by atoms with Crippen LogP contribution in [0.3, 0.4) is 0 Å². The molecule has 1 aromatic heterocycles. The van der Waals surface area contributed by atoms with E-state index in [-0.39, 0.29) is 22.7 Å². The molecule has 1 N–H and O–H groups in total. The van der Waals surface area contributed by atoms with Crippen molar-refractivity contribution in [2.75, 3.05) is 7.11 Å². The summed E-state index contributed by atoms with van der Waals surface area (Å²) < 4.78 is 10.6. The van der Waals surface area contributed by atoms with Gasteiger partial charge in [0, 0.05) is 6.07 Å². The number of rotatable bonds is 3. The van der Waals surface area contributed by atoms with Crippen molar-refractivity contribution in [3.8, 4) is 5.75 Å². The molecule has 0 unspecified atom stereocenters. The van der Waals surface area contributed by atoms with Gasteiger partial charge in [0.2, 0.25) is 0 Å². The fourth-order valence-corrected chi connectivity index (χ4v) is 2.04. The zero-order valence-corrected chi connectivity index (χ0v) is 12.0. The maximum absolute atomic E-state index is 12.0. The van der Waals surface area contributed by atoms with Crippen molar-refractivity contribution < 1.29 is 14.1 Å². The Labute approximate surface area is 128 Å². The van der Waals surface area contributed by atoms with Gasteiger partial charge in [0.1, 0.15) is 5.69 Å². The predicted molar refractivity (Wildman–Crippen MR) is 81.7 cm³/mol. The SMILES string of the molecule is COc1cc([N+](=O)[O-])ccc1N=c1oc2ccccc2[nH]c1=O. The summed E-state index contributed by atoms with van der Waals surface area (Å²) in [6, 6.07) is 10.8. The van der Waals surface area contributed by atoms with Crippen LogP contribution in [-0.2, 0) is 0 Å². The van der Waals surface area contributed by atoms with E-state index in [1.807, 2.05) is 0 Å². The topological polar surface area (TPSA) is 111 Å². The molecule has 116 valence electrons. The largest absolute Gasteiger partial charge is 0.494 e. The molecule has 2 aromatic carbocycles. The Morgan fingerprint density at radius 2 is 2.04 bits per heavy atom. The molecule has 0 saturated heterocycles. The third-order valence-corrected chi connectivity index (χ3v) is 3.13. The number of aromatic amines is 1. The minimum Gasteiger partial charge on any atom is -0.494 e. The third kappa shape index (κ3) is 2.82. The lowest BCUT2D eigenvalue weighted by atomic mass is 10.2. The molecule has 0 amide bonds. The molecular formula is C15H11N3O5. The Bertz CT molecular complexity index is 1020. The molecule has 0 bridgehead atoms. The highest BCUT2D eigenvalue weighted by atomic mass is 16.6. The molecule has 0 radical (unpaired) electrons. The molecule has 0 fully saturated rings. The van der Waals surface area contributed by atoms with E-state index in [1.54, 1.807) is 24.3 Å². The summed E-state index contributed by atoms with van der Waals surface area (Å²) in [4.78, 5) is 29.0. The Kier molecular flexibility index (Phi) is 3.63. The number of aromatic nitrogens is 1. The summed E-state index contributed by atoms with van der Waals surface area (Å²) in [5.74, 6) is 0.168. The summed E-state index contributed by atoms with van der Waals surface area (Å²) in [5, 5.41) is 10.8. The number of nitro benzene ring substituents is 1. The molecule has 23 heavy (non-hydrogen) atoms. The minimum absolute atomic E-state index is 0.134. The van der Waals surface area contributed by atoms with E-state index in [0.717, 1.165) is 0 Å². The van der Waals surface area contributed by atoms with Gasteiger partial charge in [-0.15, -0.1) is 0 Å². The van der Waals surface area contributed by atoms with Crippen LogP contribution in [0.2, 0.25) is 0 Å². The van der Waals surface area contributed by atoms with Crippen molar-refractivity contribution in [2.24, 2.45) is 4.99 Å². The predicted octanol–water partition coefficient (Wildman–Crippen LogP) is 2.27. The van der Waals surface area contributed by atoms with Gasteiger partial charge in [0.25, 0.3) is 11.2 Å². The molecule has 3 aromatic rings. The van der Waals surface area contributed by atoms with Crippen LogP contribution >= 0.6 is 0 Å². The van der Waals surface area contributed by atoms with Crippen molar-refractivity contribution in [1.29, 1.82) is 0 Å². The molecule has 1 heterocycles. The summed E-state index contributed by atoms with van der Waals surface area (Å²) in [5.41, 5.74) is 0.451. The lowest BCUT2D eigenvalue weighted by molar-refractivity contribution is -0.384. The average Bonchev–Trinajstić information content (AvgIpc) is 2.55. The van der Waals surface area contributed by atoms with Crippen LogP contribution in [0.5, 0.6) is 5.75 Å². The van der Waals surface area contributed by atoms with Crippen molar-refractivity contribution in [2.45, 2.75) is 0 Å². The van der Waals surface area contributed by atoms with E-state index in [2.05, 4.69) is 9.98 Å². The molecule has 0 spiro atoms. The Morgan fingerprint density at radius 3 is 2.78 bits per heavy atom. The first-order chi connectivity index (χ1) is 11.1. The normalized spacial score (nSPS) is 11.6. The molecule has 0 saturated carbocycles. The molecule has 8 nitrogen and oxygen atoms in total. The van der Waals surface area contributed by atoms with Crippen molar-refractivity contribution in [3.63, 3.8) is 0 Å². The minimum atomic E-state index is -0.542. The fourth-order valence-electron chi connectivity index (χ4n) is 2.04. The van der Waals surface area contributed by atoms with E-state index in [1.165, 1.54) is 25.3 Å². The van der Waals surface area contributed by atoms with Crippen LogP contribution in [0.1, 0.15) is 0 Å². The summed E-state index contributed by atoms with van der Waals surface area (Å²) >= 11 is 0. The van der Waals surface area contributed by atoms with Gasteiger partial charge in [-0.2, -0.15) is 0 Å². The zero-order chi connectivity index (χ0) is 16.4. The Hall–Kier alpha value is -3.42. The number of ether oxygens (including phenoxy) is 1. The second-order valence-corrected chi connectivity index (χ2v) is 4.58. The molecule has 0 aliphatic heterocycles. The van der Waals surface area contributed by atoms with Gasteiger partial charge >= 0.3 is 5.56 Å². The van der Waals surface area contributed by atoms with Crippen LogP contribution in [0, 0.1) is 10.1 Å². The highest BCUT2D eigenvalue weighted by Gasteiger charge is 2.11. The van der Waals surface area contributed by atoms with Crippen molar-refractivity contribution in [1.82, 2.24) is 4.98 Å². The Morgan fingerprint density at radius 1 is 1.26 bits per heavy atom. The average molecular weight is 313 g/mol. The van der Waals surface area contributed by atoms with Crippen LogP contribution < -0.4 is 15.9 Å². The first-order valence-electron chi connectivity index (χ1n) is 6.58. The van der Waals surface area contributed by atoms with Gasteiger partial charge in [-0.05, 0) is 18.2 Å². The maximum Gasteiger partial charge on any atom is 0.311 e. The number of hydrogen-bond donors (Lipinski definition) is 1. The van der Waals surface area contributed by atoms with E-state index in [4.69, 9.17) is 9.15 Å². The number of benzene rings is 2. The number of nitrogens with one attached hydrogen (secondary N) is 1. The number of methoxy groups -OCH3 is 1. The number of nitrogens with zero attached hydrogens (tertiary/aromatic N) is 2. The highest BCUT2D eigenvalue weighted by Crippen LogP contribution is 2.30. The molecule has 0 atom stereocenters. The quantitative estimate of drug-likeness (QED) is 0.589. The number of nitro groups is 1. The monoisotopic (exact) mass is 313 g/mol. The van der Waals surface area contributed by atoms with Gasteiger partial charge in [-0.1, -0.05) is 12.1 Å². The van der Waals surface area contributed by atoms with E-state index < -0.39 is 10.5 Å².